The normalized spacial score (nSPS) is 17.3. The third-order valence-corrected chi connectivity index (χ3v) is 6.61. The molecule has 0 atom stereocenters. The molecule has 2 aromatic rings. The van der Waals surface area contributed by atoms with Crippen LogP contribution in [0.2, 0.25) is 0 Å². The summed E-state index contributed by atoms with van der Waals surface area (Å²) in [5.74, 6) is 0.906. The minimum atomic E-state index is -3.55. The van der Waals surface area contributed by atoms with E-state index < -0.39 is 15.8 Å². The van der Waals surface area contributed by atoms with Crippen molar-refractivity contribution in [3.05, 3.63) is 42.2 Å². The molecule has 1 aliphatic heterocycles. The molecule has 1 aromatic carbocycles. The Labute approximate surface area is 147 Å². The maximum atomic E-state index is 13.0. The summed E-state index contributed by atoms with van der Waals surface area (Å²) in [4.78, 5) is 0.145. The number of halogens is 1. The fourth-order valence-electron chi connectivity index (χ4n) is 3.21. The van der Waals surface area contributed by atoms with Gasteiger partial charge in [-0.25, -0.2) is 12.8 Å². The number of benzene rings is 1. The summed E-state index contributed by atoms with van der Waals surface area (Å²) in [6.45, 7) is 5.12. The summed E-state index contributed by atoms with van der Waals surface area (Å²) in [5.41, 5.74) is 0. The van der Waals surface area contributed by atoms with E-state index in [4.69, 9.17) is 0 Å². The maximum absolute atomic E-state index is 13.0. The van der Waals surface area contributed by atoms with E-state index in [0.717, 1.165) is 25.1 Å². The van der Waals surface area contributed by atoms with Gasteiger partial charge in [0.2, 0.25) is 10.0 Å². The van der Waals surface area contributed by atoms with Crippen molar-refractivity contribution in [1.82, 2.24) is 19.1 Å². The van der Waals surface area contributed by atoms with E-state index in [1.807, 2.05) is 0 Å². The van der Waals surface area contributed by atoms with Gasteiger partial charge in [-0.3, -0.25) is 0 Å². The highest BCUT2D eigenvalue weighted by Gasteiger charge is 2.30. The second-order valence-corrected chi connectivity index (χ2v) is 8.69. The molecule has 2 heterocycles. The van der Waals surface area contributed by atoms with Crippen molar-refractivity contribution in [1.29, 1.82) is 0 Å². The SMILES string of the molecule is CC(C)n1cnnc1CC1CCN(S(=O)(=O)c2ccc(F)cc2)CC1. The highest BCUT2D eigenvalue weighted by atomic mass is 32.2. The van der Waals surface area contributed by atoms with Crippen LogP contribution in [0.4, 0.5) is 4.39 Å². The molecular weight excluding hydrogens is 343 g/mol. The quantitative estimate of drug-likeness (QED) is 0.816. The first kappa shape index (κ1) is 18.0. The molecule has 0 bridgehead atoms. The van der Waals surface area contributed by atoms with Crippen LogP contribution < -0.4 is 0 Å². The molecule has 0 unspecified atom stereocenters. The van der Waals surface area contributed by atoms with Crippen LogP contribution in [0.3, 0.4) is 0 Å². The van der Waals surface area contributed by atoms with Gasteiger partial charge in [0.1, 0.15) is 18.0 Å². The minimum Gasteiger partial charge on any atom is -0.315 e. The second-order valence-electron chi connectivity index (χ2n) is 6.75. The van der Waals surface area contributed by atoms with E-state index in [2.05, 4.69) is 28.6 Å². The van der Waals surface area contributed by atoms with Gasteiger partial charge in [-0.1, -0.05) is 0 Å². The first-order valence-corrected chi connectivity index (χ1v) is 9.96. The van der Waals surface area contributed by atoms with Gasteiger partial charge in [-0.15, -0.1) is 10.2 Å². The number of piperidine rings is 1. The van der Waals surface area contributed by atoms with E-state index in [-0.39, 0.29) is 4.90 Å². The van der Waals surface area contributed by atoms with Crippen LogP contribution in [0.25, 0.3) is 0 Å². The Bertz CT molecular complexity index is 809. The van der Waals surface area contributed by atoms with Crippen molar-refractivity contribution in [3.63, 3.8) is 0 Å². The van der Waals surface area contributed by atoms with E-state index >= 15 is 0 Å². The van der Waals surface area contributed by atoms with Gasteiger partial charge in [-0.2, -0.15) is 4.31 Å². The number of aromatic nitrogens is 3. The molecule has 1 aliphatic rings. The lowest BCUT2D eigenvalue weighted by molar-refractivity contribution is 0.268. The van der Waals surface area contributed by atoms with Gasteiger partial charge in [0, 0.05) is 25.6 Å². The Morgan fingerprint density at radius 3 is 2.44 bits per heavy atom. The molecule has 6 nitrogen and oxygen atoms in total. The largest absolute Gasteiger partial charge is 0.315 e. The lowest BCUT2D eigenvalue weighted by Crippen LogP contribution is -2.39. The number of nitrogens with zero attached hydrogens (tertiary/aromatic N) is 4. The third kappa shape index (κ3) is 3.90. The van der Waals surface area contributed by atoms with E-state index in [1.165, 1.54) is 28.6 Å². The minimum absolute atomic E-state index is 0.145. The van der Waals surface area contributed by atoms with Crippen molar-refractivity contribution >= 4 is 10.0 Å². The molecule has 25 heavy (non-hydrogen) atoms. The zero-order valence-corrected chi connectivity index (χ0v) is 15.3. The van der Waals surface area contributed by atoms with Crippen LogP contribution in [0.15, 0.2) is 35.5 Å². The molecule has 0 saturated carbocycles. The fraction of sp³-hybridized carbons (Fsp3) is 0.529. The number of hydrogen-bond acceptors (Lipinski definition) is 4. The standard InChI is InChI=1S/C17H23FN4O2S/c1-13(2)22-12-19-20-17(22)11-14-7-9-21(10-8-14)25(23,24)16-5-3-15(18)4-6-16/h3-6,12-14H,7-11H2,1-2H3. The molecule has 1 fully saturated rings. The Morgan fingerprint density at radius 2 is 1.84 bits per heavy atom. The first-order chi connectivity index (χ1) is 11.9. The van der Waals surface area contributed by atoms with E-state index in [1.54, 1.807) is 6.33 Å². The average molecular weight is 366 g/mol. The Kier molecular flexibility index (Phi) is 5.19. The van der Waals surface area contributed by atoms with Gasteiger partial charge in [0.05, 0.1) is 4.90 Å². The van der Waals surface area contributed by atoms with E-state index in [9.17, 15) is 12.8 Å². The summed E-state index contributed by atoms with van der Waals surface area (Å²) in [6, 6.07) is 5.31. The summed E-state index contributed by atoms with van der Waals surface area (Å²) < 4.78 is 41.8. The molecule has 0 aliphatic carbocycles. The van der Waals surface area contributed by atoms with Crippen LogP contribution in [-0.4, -0.2) is 40.6 Å². The van der Waals surface area contributed by atoms with Crippen LogP contribution in [-0.2, 0) is 16.4 Å². The highest BCUT2D eigenvalue weighted by molar-refractivity contribution is 7.89. The first-order valence-electron chi connectivity index (χ1n) is 8.52. The fourth-order valence-corrected chi connectivity index (χ4v) is 4.68. The Morgan fingerprint density at radius 1 is 1.20 bits per heavy atom. The monoisotopic (exact) mass is 366 g/mol. The van der Waals surface area contributed by atoms with Crippen molar-refractivity contribution in [2.24, 2.45) is 5.92 Å². The van der Waals surface area contributed by atoms with Gasteiger partial charge < -0.3 is 4.57 Å². The summed E-state index contributed by atoms with van der Waals surface area (Å²) in [7, 11) is -3.55. The van der Waals surface area contributed by atoms with Gasteiger partial charge >= 0.3 is 0 Å². The maximum Gasteiger partial charge on any atom is 0.243 e. The topological polar surface area (TPSA) is 68.1 Å². The molecule has 3 rings (SSSR count). The second kappa shape index (κ2) is 7.21. The van der Waals surface area contributed by atoms with E-state index in [0.29, 0.717) is 25.0 Å². The van der Waals surface area contributed by atoms with Gasteiger partial charge in [-0.05, 0) is 56.9 Å². The lowest BCUT2D eigenvalue weighted by atomic mass is 9.94. The number of sulfonamides is 1. The summed E-state index contributed by atoms with van der Waals surface area (Å²) in [5, 5.41) is 8.19. The predicted octanol–water partition coefficient (Wildman–Crippen LogP) is 2.64. The Hall–Kier alpha value is -1.80. The average Bonchev–Trinajstić information content (AvgIpc) is 3.04. The van der Waals surface area contributed by atoms with Crippen molar-refractivity contribution in [2.75, 3.05) is 13.1 Å². The van der Waals surface area contributed by atoms with Gasteiger partial charge in [0.25, 0.3) is 0 Å². The van der Waals surface area contributed by atoms with Crippen LogP contribution in [0.5, 0.6) is 0 Å². The number of hydrogen-bond donors (Lipinski definition) is 0. The lowest BCUT2D eigenvalue weighted by Gasteiger charge is -2.31. The van der Waals surface area contributed by atoms with Crippen LogP contribution in [0, 0.1) is 11.7 Å². The zero-order valence-electron chi connectivity index (χ0n) is 14.5. The molecule has 1 aromatic heterocycles. The Balaban J connectivity index is 1.63. The van der Waals surface area contributed by atoms with Crippen LogP contribution >= 0.6 is 0 Å². The molecular formula is C17H23FN4O2S. The van der Waals surface area contributed by atoms with Crippen molar-refractivity contribution in [2.45, 2.75) is 44.0 Å². The molecule has 1 saturated heterocycles. The van der Waals surface area contributed by atoms with Gasteiger partial charge in [0.15, 0.2) is 0 Å². The molecule has 0 radical (unpaired) electrons. The number of rotatable bonds is 5. The summed E-state index contributed by atoms with van der Waals surface area (Å²) in [6.07, 6.45) is 4.12. The molecule has 8 heteroatoms. The molecule has 0 N–H and O–H groups in total. The van der Waals surface area contributed by atoms with Crippen molar-refractivity contribution in [3.8, 4) is 0 Å². The smallest absolute Gasteiger partial charge is 0.243 e. The molecule has 0 spiro atoms. The van der Waals surface area contributed by atoms with Crippen molar-refractivity contribution < 1.29 is 12.8 Å². The van der Waals surface area contributed by atoms with Crippen LogP contribution in [0.1, 0.15) is 38.6 Å². The molecule has 0 amide bonds. The third-order valence-electron chi connectivity index (χ3n) is 4.70. The molecule has 136 valence electrons. The summed E-state index contributed by atoms with van der Waals surface area (Å²) >= 11 is 0. The predicted molar refractivity (Wildman–Crippen MR) is 92.0 cm³/mol. The highest BCUT2D eigenvalue weighted by Crippen LogP contribution is 2.26. The zero-order chi connectivity index (χ0) is 18.0.